The van der Waals surface area contributed by atoms with Crippen molar-refractivity contribution in [3.8, 4) is 0 Å². The number of azide groups is 4. The fraction of sp³-hybridized carbons (Fsp3) is 0.606. The minimum absolute atomic E-state index is 0.0492. The van der Waals surface area contributed by atoms with Gasteiger partial charge in [-0.15, -0.1) is 0 Å². The summed E-state index contributed by atoms with van der Waals surface area (Å²) >= 11 is 0. The second-order valence-corrected chi connectivity index (χ2v) is 11.6. The van der Waals surface area contributed by atoms with Crippen LogP contribution in [0, 0.1) is 5.41 Å². The molecule has 0 aromatic rings. The Morgan fingerprint density at radius 2 is 0.645 bits per heavy atom. The minimum atomic E-state index is -1.38. The zero-order valence-electron chi connectivity index (χ0n) is 33.6. The van der Waals surface area contributed by atoms with Crippen molar-refractivity contribution >= 4 is 29.8 Å². The number of hydrogen-bond acceptors (Lipinski definition) is 21. The van der Waals surface area contributed by atoms with E-state index in [1.807, 2.05) is 0 Å². The molecule has 0 fully saturated rings. The maximum Gasteiger partial charge on any atom is 0.417 e. The van der Waals surface area contributed by atoms with Gasteiger partial charge in [0.25, 0.3) is 0 Å². The molecule has 0 aliphatic heterocycles. The molecule has 0 amide bonds. The number of hydrogen-bond donors (Lipinski definition) is 0. The predicted octanol–water partition coefficient (Wildman–Crippen LogP) is 3.10. The number of nitrogens with zero attached hydrogens (tertiary/aromatic N) is 12. The van der Waals surface area contributed by atoms with Crippen molar-refractivity contribution in [2.45, 2.75) is 0 Å². The Morgan fingerprint density at radius 3 is 0.952 bits per heavy atom. The molecule has 0 unspecified atom stereocenters. The van der Waals surface area contributed by atoms with Gasteiger partial charge in [0.2, 0.25) is 0 Å². The van der Waals surface area contributed by atoms with Crippen LogP contribution >= 0.6 is 0 Å². The van der Waals surface area contributed by atoms with Crippen LogP contribution in [0.4, 0.5) is 0 Å². The van der Waals surface area contributed by atoms with E-state index in [9.17, 15) is 24.0 Å². The molecule has 0 N–H and O–H groups in total. The van der Waals surface area contributed by atoms with Crippen LogP contribution in [0.2, 0.25) is 0 Å². The molecular formula is C33H46N12O17. The van der Waals surface area contributed by atoms with Crippen molar-refractivity contribution in [1.82, 2.24) is 0 Å². The average molecular weight is 883 g/mol. The van der Waals surface area contributed by atoms with Gasteiger partial charge < -0.3 is 56.8 Å². The lowest BCUT2D eigenvalue weighted by Gasteiger charge is -2.33. The van der Waals surface area contributed by atoms with Crippen LogP contribution in [0.3, 0.4) is 0 Å². The highest BCUT2D eigenvalue weighted by Crippen LogP contribution is 2.21. The molecule has 0 bridgehead atoms. The van der Waals surface area contributed by atoms with Gasteiger partial charge in [0.1, 0.15) is 52.9 Å². The van der Waals surface area contributed by atoms with Crippen molar-refractivity contribution < 1.29 is 80.8 Å². The Morgan fingerprint density at radius 1 is 0.371 bits per heavy atom. The quantitative estimate of drug-likeness (QED) is 0.0163. The Bertz CT molecular complexity index is 1580. The maximum absolute atomic E-state index is 12.0. The summed E-state index contributed by atoms with van der Waals surface area (Å²) in [4.78, 5) is 70.2. The molecule has 0 aromatic heterocycles. The van der Waals surface area contributed by atoms with Crippen LogP contribution < -0.4 is 0 Å². The summed E-state index contributed by atoms with van der Waals surface area (Å²) in [5.41, 5.74) is 32.4. The maximum atomic E-state index is 12.0. The van der Waals surface area contributed by atoms with Crippen LogP contribution in [0.1, 0.15) is 0 Å². The lowest BCUT2D eigenvalue weighted by molar-refractivity contribution is -0.168. The number of ether oxygens (including phenoxy) is 12. The number of carbonyl (C=O) groups is 5. The number of rotatable bonds is 38. The monoisotopic (exact) mass is 882 g/mol. The largest absolute Gasteiger partial charge is 0.462 e. The molecule has 0 heterocycles. The molecule has 0 saturated carbocycles. The first kappa shape index (κ1) is 55.3. The van der Waals surface area contributed by atoms with Crippen LogP contribution in [0.5, 0.6) is 0 Å². The van der Waals surface area contributed by atoms with Crippen LogP contribution in [-0.2, 0) is 80.8 Å². The summed E-state index contributed by atoms with van der Waals surface area (Å²) in [5, 5.41) is 12.8. The van der Waals surface area contributed by atoms with Gasteiger partial charge in [-0.3, -0.25) is 0 Å². The highest BCUT2D eigenvalue weighted by Gasteiger charge is 2.33. The molecule has 340 valence electrons. The van der Waals surface area contributed by atoms with Crippen molar-refractivity contribution in [2.24, 2.45) is 25.9 Å². The zero-order valence-corrected chi connectivity index (χ0v) is 33.6. The molecule has 0 aliphatic carbocycles. The van der Waals surface area contributed by atoms with Gasteiger partial charge >= 0.3 is 29.8 Å². The smallest absolute Gasteiger partial charge is 0.417 e. The summed E-state index contributed by atoms with van der Waals surface area (Å²) in [6.07, 6.45) is 0. The zero-order chi connectivity index (χ0) is 46.3. The summed E-state index contributed by atoms with van der Waals surface area (Å²) in [5.74, 6) is -5.03. The Balaban J connectivity index is 5.61. The molecule has 62 heavy (non-hydrogen) atoms. The third-order valence-corrected chi connectivity index (χ3v) is 6.31. The van der Waals surface area contributed by atoms with E-state index in [0.717, 1.165) is 0 Å². The molecule has 0 rings (SSSR count). The summed E-state index contributed by atoms with van der Waals surface area (Å²) in [6, 6.07) is 0. The Kier molecular flexibility index (Phi) is 32.2. The van der Waals surface area contributed by atoms with Crippen LogP contribution in [-0.4, -0.2) is 155 Å². The minimum Gasteiger partial charge on any atom is -0.462 e. The van der Waals surface area contributed by atoms with Crippen molar-refractivity contribution in [2.75, 3.05) is 126 Å². The van der Waals surface area contributed by atoms with Crippen molar-refractivity contribution in [1.29, 1.82) is 0 Å². The van der Waals surface area contributed by atoms with Gasteiger partial charge in [-0.25, -0.2) is 24.0 Å². The van der Waals surface area contributed by atoms with Gasteiger partial charge in [0.15, 0.2) is 0 Å². The Hall–Kier alpha value is -6.73. The molecule has 0 saturated heterocycles. The first-order valence-electron chi connectivity index (χ1n) is 17.6. The van der Waals surface area contributed by atoms with Gasteiger partial charge in [-0.1, -0.05) is 46.8 Å². The van der Waals surface area contributed by atoms with E-state index in [1.54, 1.807) is 0 Å². The average Bonchev–Trinajstić information content (AvgIpc) is 3.22. The molecule has 0 aliphatic rings. The number of carbonyl (C=O) groups excluding carboxylic acids is 5. The van der Waals surface area contributed by atoms with E-state index >= 15 is 0 Å². The lowest BCUT2D eigenvalue weighted by atomic mass is 9.92. The molecule has 0 spiro atoms. The summed E-state index contributed by atoms with van der Waals surface area (Å²) < 4.78 is 63.0. The third-order valence-electron chi connectivity index (χ3n) is 6.31. The molecule has 29 heteroatoms. The standard InChI is InChI=1S/C33H46N12O17/c1-24(38-42-34)13-55-17-28(46)58-9-5-51-20-33(21-52-6-10-59-29(47)18-56-14-25(2)39-43-35,22-53-7-11-60-30(48)19-57-15-26(3)40-44-36)23-54-8-12-61-31(49)32(50)62-16-27(4)41-45-37/h1-23H2. The second kappa shape index (κ2) is 36.1. The Labute approximate surface area is 352 Å². The topological polar surface area (TPSA) is 391 Å². The van der Waals surface area contributed by atoms with Crippen LogP contribution in [0.15, 0.2) is 69.6 Å². The van der Waals surface area contributed by atoms with Gasteiger partial charge in [0.05, 0.1) is 78.1 Å². The van der Waals surface area contributed by atoms with Crippen molar-refractivity contribution in [3.63, 3.8) is 0 Å². The molecule has 0 atom stereocenters. The van der Waals surface area contributed by atoms with Gasteiger partial charge in [-0.2, -0.15) is 0 Å². The third kappa shape index (κ3) is 31.2. The normalized spacial score (nSPS) is 11.0. The number of esters is 5. The predicted molar refractivity (Wildman–Crippen MR) is 206 cm³/mol. The van der Waals surface area contributed by atoms with E-state index in [4.69, 9.17) is 74.2 Å². The highest BCUT2D eigenvalue weighted by molar-refractivity contribution is 6.29. The van der Waals surface area contributed by atoms with Crippen molar-refractivity contribution in [3.05, 3.63) is 90.9 Å². The first-order valence-corrected chi connectivity index (χ1v) is 17.6. The van der Waals surface area contributed by atoms with E-state index in [1.165, 1.54) is 0 Å². The van der Waals surface area contributed by atoms with E-state index in [0.29, 0.717) is 0 Å². The lowest BCUT2D eigenvalue weighted by Crippen LogP contribution is -2.43. The van der Waals surface area contributed by atoms with E-state index in [-0.39, 0.29) is 115 Å². The van der Waals surface area contributed by atoms with Crippen LogP contribution in [0.25, 0.3) is 41.8 Å². The highest BCUT2D eigenvalue weighted by atomic mass is 16.6. The molecule has 29 nitrogen and oxygen atoms in total. The first-order chi connectivity index (χ1) is 29.8. The molecule has 0 radical (unpaired) electrons. The summed E-state index contributed by atoms with van der Waals surface area (Å²) in [7, 11) is 0. The van der Waals surface area contributed by atoms with Gasteiger partial charge in [-0.05, 0) is 22.1 Å². The SMILES string of the molecule is C=C(COCC(=O)OCCOCC(COCCOC(=O)COCC(=C)N=[N+]=[N-])(COCCOC(=O)COCC(=C)N=[N+]=[N-])COCCOC(=O)C(=O)OCC(=C)N=[N+]=[N-])N=[N+]=[N-]. The fourth-order valence-corrected chi connectivity index (χ4v) is 3.76. The van der Waals surface area contributed by atoms with Gasteiger partial charge in [0, 0.05) is 42.4 Å². The molecule has 0 aromatic carbocycles. The van der Waals surface area contributed by atoms with E-state index < -0.39 is 68.3 Å². The second-order valence-electron chi connectivity index (χ2n) is 11.6. The fourth-order valence-electron chi connectivity index (χ4n) is 3.76. The molecular weight excluding hydrogens is 836 g/mol. The van der Waals surface area contributed by atoms with E-state index in [2.05, 4.69) is 71.2 Å². The summed E-state index contributed by atoms with van der Waals surface area (Å²) in [6.45, 7) is 8.40.